The molecule has 2 N–H and O–H groups in total. The topological polar surface area (TPSA) is 114 Å². The minimum Gasteiger partial charge on any atom is -0.464 e. The van der Waals surface area contributed by atoms with Crippen LogP contribution in [0.3, 0.4) is 0 Å². The SMILES string of the molecule is CC1(NC(=O)c2ccc(S(=O)(=O)Nc3ccncc3)cc2)CCOC1=O. The summed E-state index contributed by atoms with van der Waals surface area (Å²) < 4.78 is 32.0. The molecule has 26 heavy (non-hydrogen) atoms. The molecule has 1 unspecified atom stereocenters. The van der Waals surface area contributed by atoms with E-state index >= 15 is 0 Å². The fraction of sp³-hybridized carbons (Fsp3) is 0.235. The number of hydrogen-bond donors (Lipinski definition) is 2. The van der Waals surface area contributed by atoms with Crippen LogP contribution < -0.4 is 10.0 Å². The number of carbonyl (C=O) groups is 2. The summed E-state index contributed by atoms with van der Waals surface area (Å²) in [7, 11) is -3.78. The Morgan fingerprint density at radius 3 is 2.38 bits per heavy atom. The van der Waals surface area contributed by atoms with Crippen LogP contribution in [-0.4, -0.2) is 37.4 Å². The Labute approximate surface area is 150 Å². The molecule has 9 heteroatoms. The van der Waals surface area contributed by atoms with Crippen molar-refractivity contribution in [1.29, 1.82) is 0 Å². The van der Waals surface area contributed by atoms with Crippen LogP contribution in [-0.2, 0) is 19.6 Å². The van der Waals surface area contributed by atoms with Crippen molar-refractivity contribution in [1.82, 2.24) is 10.3 Å². The maximum absolute atomic E-state index is 12.4. The number of ether oxygens (including phenoxy) is 1. The molecular formula is C17H17N3O5S. The molecule has 0 aliphatic carbocycles. The first kappa shape index (κ1) is 17.9. The molecule has 0 spiro atoms. The van der Waals surface area contributed by atoms with Gasteiger partial charge in [0, 0.05) is 24.4 Å². The van der Waals surface area contributed by atoms with E-state index in [1.807, 2.05) is 0 Å². The molecule has 1 aliphatic rings. The number of nitrogens with one attached hydrogen (secondary N) is 2. The minimum atomic E-state index is -3.78. The number of amides is 1. The quantitative estimate of drug-likeness (QED) is 0.762. The van der Waals surface area contributed by atoms with Crippen molar-refractivity contribution in [2.75, 3.05) is 11.3 Å². The van der Waals surface area contributed by atoms with Gasteiger partial charge in [-0.2, -0.15) is 0 Å². The van der Waals surface area contributed by atoms with Crippen LogP contribution in [0.25, 0.3) is 0 Å². The third-order valence-electron chi connectivity index (χ3n) is 4.03. The average molecular weight is 375 g/mol. The number of cyclic esters (lactones) is 1. The van der Waals surface area contributed by atoms with Gasteiger partial charge in [-0.3, -0.25) is 14.5 Å². The molecule has 1 aromatic carbocycles. The number of benzene rings is 1. The van der Waals surface area contributed by atoms with Crippen LogP contribution in [0.4, 0.5) is 5.69 Å². The van der Waals surface area contributed by atoms with E-state index in [-0.39, 0.29) is 17.1 Å². The lowest BCUT2D eigenvalue weighted by molar-refractivity contribution is -0.142. The smallest absolute Gasteiger partial charge is 0.331 e. The van der Waals surface area contributed by atoms with Gasteiger partial charge in [0.25, 0.3) is 15.9 Å². The van der Waals surface area contributed by atoms with Crippen molar-refractivity contribution in [2.24, 2.45) is 0 Å². The molecule has 0 radical (unpaired) electrons. The van der Waals surface area contributed by atoms with Gasteiger partial charge < -0.3 is 10.1 Å². The number of anilines is 1. The number of aromatic nitrogens is 1. The Hall–Kier alpha value is -2.94. The summed E-state index contributed by atoms with van der Waals surface area (Å²) in [4.78, 5) is 27.8. The highest BCUT2D eigenvalue weighted by Crippen LogP contribution is 2.21. The molecule has 3 rings (SSSR count). The van der Waals surface area contributed by atoms with Crippen LogP contribution in [0.15, 0.2) is 53.7 Å². The Morgan fingerprint density at radius 2 is 1.81 bits per heavy atom. The Balaban J connectivity index is 1.73. The summed E-state index contributed by atoms with van der Waals surface area (Å²) in [5, 5.41) is 2.63. The van der Waals surface area contributed by atoms with E-state index in [1.165, 1.54) is 48.8 Å². The molecule has 8 nitrogen and oxygen atoms in total. The molecule has 2 heterocycles. The zero-order chi connectivity index (χ0) is 18.8. The van der Waals surface area contributed by atoms with E-state index in [0.717, 1.165) is 0 Å². The lowest BCUT2D eigenvalue weighted by Gasteiger charge is -2.20. The van der Waals surface area contributed by atoms with Gasteiger partial charge in [-0.1, -0.05) is 0 Å². The van der Waals surface area contributed by atoms with Crippen molar-refractivity contribution in [3.05, 3.63) is 54.4 Å². The first-order chi connectivity index (χ1) is 12.3. The Morgan fingerprint density at radius 1 is 1.15 bits per heavy atom. The summed E-state index contributed by atoms with van der Waals surface area (Å²) in [5.41, 5.74) is -0.437. The maximum atomic E-state index is 12.4. The molecule has 2 aromatic rings. The predicted molar refractivity (Wildman–Crippen MR) is 92.9 cm³/mol. The molecule has 0 bridgehead atoms. The molecule has 136 valence electrons. The third kappa shape index (κ3) is 3.67. The highest BCUT2D eigenvalue weighted by Gasteiger charge is 2.41. The van der Waals surface area contributed by atoms with E-state index < -0.39 is 27.4 Å². The molecule has 1 saturated heterocycles. The van der Waals surface area contributed by atoms with Crippen molar-refractivity contribution >= 4 is 27.6 Å². The number of pyridine rings is 1. The standard InChI is InChI=1S/C17H17N3O5S/c1-17(8-11-25-16(17)22)19-15(21)12-2-4-14(5-3-12)26(23,24)20-13-6-9-18-10-7-13/h2-7,9-10H,8,11H2,1H3,(H,18,20)(H,19,21). The van der Waals surface area contributed by atoms with E-state index in [0.29, 0.717) is 12.1 Å². The molecule has 1 atom stereocenters. The van der Waals surface area contributed by atoms with Crippen LogP contribution in [0.5, 0.6) is 0 Å². The van der Waals surface area contributed by atoms with Crippen molar-refractivity contribution < 1.29 is 22.7 Å². The van der Waals surface area contributed by atoms with E-state index in [1.54, 1.807) is 6.92 Å². The summed E-state index contributed by atoms with van der Waals surface area (Å²) >= 11 is 0. The number of hydrogen-bond acceptors (Lipinski definition) is 6. The monoisotopic (exact) mass is 375 g/mol. The number of sulfonamides is 1. The van der Waals surface area contributed by atoms with Gasteiger partial charge in [-0.15, -0.1) is 0 Å². The number of carbonyl (C=O) groups excluding carboxylic acids is 2. The first-order valence-corrected chi connectivity index (χ1v) is 9.31. The number of nitrogens with zero attached hydrogens (tertiary/aromatic N) is 1. The van der Waals surface area contributed by atoms with Crippen molar-refractivity contribution in [2.45, 2.75) is 23.8 Å². The molecule has 1 aromatic heterocycles. The highest BCUT2D eigenvalue weighted by molar-refractivity contribution is 7.92. The van der Waals surface area contributed by atoms with Gasteiger partial charge in [0.05, 0.1) is 17.2 Å². The van der Waals surface area contributed by atoms with Crippen LogP contribution in [0.1, 0.15) is 23.7 Å². The van der Waals surface area contributed by atoms with E-state index in [4.69, 9.17) is 4.74 Å². The van der Waals surface area contributed by atoms with Gasteiger partial charge in [-0.05, 0) is 43.3 Å². The zero-order valence-electron chi connectivity index (χ0n) is 13.9. The second-order valence-corrected chi connectivity index (χ2v) is 7.72. The van der Waals surface area contributed by atoms with Crippen LogP contribution in [0, 0.1) is 0 Å². The lowest BCUT2D eigenvalue weighted by atomic mass is 10.0. The second kappa shape index (κ2) is 6.75. The summed E-state index contributed by atoms with van der Waals surface area (Å²) in [6.45, 7) is 1.85. The zero-order valence-corrected chi connectivity index (χ0v) is 14.7. The Kier molecular flexibility index (Phi) is 4.64. The minimum absolute atomic E-state index is 0.0114. The van der Waals surface area contributed by atoms with Crippen molar-refractivity contribution in [3.8, 4) is 0 Å². The van der Waals surface area contributed by atoms with Crippen LogP contribution >= 0.6 is 0 Å². The number of rotatable bonds is 5. The fourth-order valence-electron chi connectivity index (χ4n) is 2.46. The van der Waals surface area contributed by atoms with Gasteiger partial charge in [0.1, 0.15) is 5.54 Å². The van der Waals surface area contributed by atoms with Gasteiger partial charge in [0.2, 0.25) is 0 Å². The van der Waals surface area contributed by atoms with Gasteiger partial charge in [-0.25, -0.2) is 13.2 Å². The lowest BCUT2D eigenvalue weighted by Crippen LogP contribution is -2.49. The average Bonchev–Trinajstić information content (AvgIpc) is 2.94. The van der Waals surface area contributed by atoms with Crippen molar-refractivity contribution in [3.63, 3.8) is 0 Å². The molecule has 1 amide bonds. The fourth-order valence-corrected chi connectivity index (χ4v) is 3.52. The highest BCUT2D eigenvalue weighted by atomic mass is 32.2. The van der Waals surface area contributed by atoms with E-state index in [9.17, 15) is 18.0 Å². The largest absolute Gasteiger partial charge is 0.464 e. The van der Waals surface area contributed by atoms with Crippen LogP contribution in [0.2, 0.25) is 0 Å². The molecular weight excluding hydrogens is 358 g/mol. The predicted octanol–water partition coefficient (Wildman–Crippen LogP) is 1.32. The molecule has 0 saturated carbocycles. The Bertz CT molecular complexity index is 929. The van der Waals surface area contributed by atoms with Gasteiger partial charge in [0.15, 0.2) is 0 Å². The van der Waals surface area contributed by atoms with Gasteiger partial charge >= 0.3 is 5.97 Å². The summed E-state index contributed by atoms with van der Waals surface area (Å²) in [6.07, 6.45) is 3.33. The first-order valence-electron chi connectivity index (χ1n) is 7.83. The maximum Gasteiger partial charge on any atom is 0.331 e. The molecule has 1 aliphatic heterocycles. The second-order valence-electron chi connectivity index (χ2n) is 6.04. The third-order valence-corrected chi connectivity index (χ3v) is 5.43. The number of esters is 1. The summed E-state index contributed by atoms with van der Waals surface area (Å²) in [5.74, 6) is -0.955. The summed E-state index contributed by atoms with van der Waals surface area (Å²) in [6, 6.07) is 8.49. The normalized spacial score (nSPS) is 19.7. The van der Waals surface area contributed by atoms with E-state index in [2.05, 4.69) is 15.0 Å². The molecule has 1 fully saturated rings.